The van der Waals surface area contributed by atoms with Gasteiger partial charge in [-0.25, -0.2) is 0 Å². The minimum atomic E-state index is -0.00620. The molecule has 6 heteroatoms. The standard InChI is InChI=1S/C32H44N2O4/c1-19-15-29(37)33-11-3-7-21-23(9-5-13-33)27(35)17-25(21)31(19)32-20(2)16-30(38)34-12-4-8-22-24(10-6-14-34)28(36)18-26(22)32/h19-20,23-24,31-32H,3-18H2,1-2H3. The molecule has 6 unspecified atom stereocenters. The largest absolute Gasteiger partial charge is 0.343 e. The molecule has 2 aliphatic carbocycles. The first-order valence-corrected chi connectivity index (χ1v) is 15.4. The molecule has 4 aliphatic heterocycles. The average Bonchev–Trinajstić information content (AvgIpc) is 3.39. The molecule has 0 spiro atoms. The van der Waals surface area contributed by atoms with Crippen molar-refractivity contribution in [2.45, 2.75) is 90.9 Å². The first-order valence-electron chi connectivity index (χ1n) is 15.4. The number of ketones is 2. The predicted molar refractivity (Wildman–Crippen MR) is 145 cm³/mol. The lowest BCUT2D eigenvalue weighted by Crippen LogP contribution is -2.40. The molecule has 4 heterocycles. The zero-order chi connectivity index (χ0) is 26.6. The molecule has 0 aromatic carbocycles. The summed E-state index contributed by atoms with van der Waals surface area (Å²) in [5.74, 6) is 1.37. The van der Waals surface area contributed by atoms with Crippen LogP contribution in [0.4, 0.5) is 0 Å². The summed E-state index contributed by atoms with van der Waals surface area (Å²) in [5.41, 5.74) is 5.28. The summed E-state index contributed by atoms with van der Waals surface area (Å²) in [6.07, 6.45) is 8.99. The third-order valence-electron chi connectivity index (χ3n) is 10.9. The summed E-state index contributed by atoms with van der Waals surface area (Å²) >= 11 is 0. The van der Waals surface area contributed by atoms with Gasteiger partial charge in [0.2, 0.25) is 11.8 Å². The van der Waals surface area contributed by atoms with Crippen LogP contribution >= 0.6 is 0 Å². The van der Waals surface area contributed by atoms with E-state index in [1.165, 1.54) is 22.3 Å². The number of hydrogen-bond donors (Lipinski definition) is 0. The average molecular weight is 521 g/mol. The van der Waals surface area contributed by atoms with Crippen LogP contribution in [0.1, 0.15) is 90.9 Å². The van der Waals surface area contributed by atoms with E-state index < -0.39 is 0 Å². The van der Waals surface area contributed by atoms with Crippen molar-refractivity contribution in [3.05, 3.63) is 22.3 Å². The third kappa shape index (κ3) is 4.50. The van der Waals surface area contributed by atoms with Gasteiger partial charge in [-0.15, -0.1) is 0 Å². The quantitative estimate of drug-likeness (QED) is 0.462. The Morgan fingerprint density at radius 2 is 0.947 bits per heavy atom. The minimum absolute atomic E-state index is 0.00620. The van der Waals surface area contributed by atoms with Crippen molar-refractivity contribution >= 4 is 23.4 Å². The highest BCUT2D eigenvalue weighted by molar-refractivity contribution is 5.91. The third-order valence-corrected chi connectivity index (χ3v) is 10.9. The molecule has 0 radical (unpaired) electrons. The Bertz CT molecular complexity index is 1020. The summed E-state index contributed by atoms with van der Waals surface area (Å²) in [5, 5.41) is 0. The van der Waals surface area contributed by atoms with Crippen molar-refractivity contribution in [2.75, 3.05) is 26.2 Å². The zero-order valence-corrected chi connectivity index (χ0v) is 23.3. The normalized spacial score (nSPS) is 37.0. The molecule has 6 atom stereocenters. The maximum absolute atomic E-state index is 13.6. The highest BCUT2D eigenvalue weighted by Crippen LogP contribution is 2.53. The van der Waals surface area contributed by atoms with Crippen LogP contribution in [0.2, 0.25) is 0 Å². The number of fused-ring (bicyclic) bond motifs is 6. The van der Waals surface area contributed by atoms with Crippen molar-refractivity contribution in [1.29, 1.82) is 0 Å². The highest BCUT2D eigenvalue weighted by Gasteiger charge is 2.48. The zero-order valence-electron chi connectivity index (χ0n) is 23.3. The number of amides is 2. The van der Waals surface area contributed by atoms with Crippen molar-refractivity contribution in [3.63, 3.8) is 0 Å². The fraction of sp³-hybridized carbons (Fsp3) is 0.750. The van der Waals surface area contributed by atoms with Gasteiger partial charge in [0.25, 0.3) is 0 Å². The molecule has 0 aromatic heterocycles. The van der Waals surface area contributed by atoms with Crippen LogP contribution in [-0.4, -0.2) is 59.4 Å². The van der Waals surface area contributed by atoms with Crippen LogP contribution in [0, 0.1) is 35.5 Å². The van der Waals surface area contributed by atoms with Gasteiger partial charge in [0.15, 0.2) is 0 Å². The van der Waals surface area contributed by atoms with Crippen LogP contribution in [0.25, 0.3) is 0 Å². The number of carbonyl (C=O) groups is 4. The smallest absolute Gasteiger partial charge is 0.222 e. The summed E-state index contributed by atoms with van der Waals surface area (Å²) in [4.78, 5) is 58.2. The topological polar surface area (TPSA) is 74.8 Å². The Kier molecular flexibility index (Phi) is 7.11. The molecule has 0 saturated carbocycles. The molecule has 2 amide bonds. The summed E-state index contributed by atoms with van der Waals surface area (Å²) in [6.45, 7) is 7.47. The molecule has 6 rings (SSSR count). The number of carbonyl (C=O) groups excluding carboxylic acids is 4. The molecule has 0 N–H and O–H groups in total. The monoisotopic (exact) mass is 520 g/mol. The van der Waals surface area contributed by atoms with E-state index in [4.69, 9.17) is 0 Å². The second-order valence-electron chi connectivity index (χ2n) is 13.2. The first-order chi connectivity index (χ1) is 18.3. The molecule has 6 nitrogen and oxygen atoms in total. The highest BCUT2D eigenvalue weighted by atomic mass is 16.2. The maximum Gasteiger partial charge on any atom is 0.222 e. The number of allylic oxidation sites excluding steroid dienone is 4. The van der Waals surface area contributed by atoms with Crippen molar-refractivity contribution in [3.8, 4) is 0 Å². The van der Waals surface area contributed by atoms with Gasteiger partial charge in [0.1, 0.15) is 11.6 Å². The predicted octanol–water partition coefficient (Wildman–Crippen LogP) is 4.87. The van der Waals surface area contributed by atoms with Gasteiger partial charge in [0, 0.05) is 63.7 Å². The van der Waals surface area contributed by atoms with Crippen molar-refractivity contribution in [2.24, 2.45) is 35.5 Å². The lowest BCUT2D eigenvalue weighted by Gasteiger charge is -2.40. The van der Waals surface area contributed by atoms with Crippen molar-refractivity contribution < 1.29 is 19.2 Å². The van der Waals surface area contributed by atoms with Crippen LogP contribution in [0.5, 0.6) is 0 Å². The molecule has 38 heavy (non-hydrogen) atoms. The summed E-state index contributed by atoms with van der Waals surface area (Å²) < 4.78 is 0. The van der Waals surface area contributed by atoms with E-state index in [1.807, 2.05) is 9.80 Å². The van der Waals surface area contributed by atoms with Gasteiger partial charge in [-0.3, -0.25) is 19.2 Å². The van der Waals surface area contributed by atoms with E-state index in [9.17, 15) is 19.2 Å². The van der Waals surface area contributed by atoms with Crippen LogP contribution in [0.15, 0.2) is 22.3 Å². The van der Waals surface area contributed by atoms with E-state index in [0.717, 1.165) is 77.5 Å². The Hall–Kier alpha value is -2.24. The molecular weight excluding hydrogens is 476 g/mol. The van der Waals surface area contributed by atoms with Gasteiger partial charge in [-0.1, -0.05) is 36.1 Å². The lowest BCUT2D eigenvalue weighted by molar-refractivity contribution is -0.134. The molecule has 4 bridgehead atoms. The van der Waals surface area contributed by atoms with Crippen molar-refractivity contribution in [1.82, 2.24) is 9.80 Å². The molecule has 2 fully saturated rings. The van der Waals surface area contributed by atoms with Gasteiger partial charge < -0.3 is 9.80 Å². The molecular formula is C32H44N2O4. The van der Waals surface area contributed by atoms with E-state index in [2.05, 4.69) is 13.8 Å². The van der Waals surface area contributed by atoms with Crippen LogP contribution in [-0.2, 0) is 19.2 Å². The lowest BCUT2D eigenvalue weighted by atomic mass is 9.65. The van der Waals surface area contributed by atoms with E-state index in [-0.39, 0.29) is 47.3 Å². The minimum Gasteiger partial charge on any atom is -0.343 e. The second kappa shape index (κ2) is 10.4. The number of nitrogens with zero attached hydrogens (tertiary/aromatic N) is 2. The van der Waals surface area contributed by atoms with E-state index >= 15 is 0 Å². The maximum atomic E-state index is 13.6. The molecule has 0 aromatic rings. The summed E-state index contributed by atoms with van der Waals surface area (Å²) in [7, 11) is 0. The van der Waals surface area contributed by atoms with Crippen LogP contribution in [0.3, 0.4) is 0 Å². The van der Waals surface area contributed by atoms with Gasteiger partial charge >= 0.3 is 0 Å². The fourth-order valence-electron chi connectivity index (χ4n) is 9.20. The number of rotatable bonds is 1. The Morgan fingerprint density at radius 3 is 1.37 bits per heavy atom. The van der Waals surface area contributed by atoms with Gasteiger partial charge in [-0.05, 0) is 75.0 Å². The first kappa shape index (κ1) is 26.0. The Morgan fingerprint density at radius 1 is 0.553 bits per heavy atom. The number of Topliss-reactive ketones (excluding diaryl/α,β-unsaturated/α-hetero) is 2. The molecule has 206 valence electrons. The summed E-state index contributed by atoms with van der Waals surface area (Å²) in [6, 6.07) is 0. The Labute approximate surface area is 227 Å². The fourth-order valence-corrected chi connectivity index (χ4v) is 9.20. The number of hydrogen-bond acceptors (Lipinski definition) is 4. The van der Waals surface area contributed by atoms with Gasteiger partial charge in [-0.2, -0.15) is 0 Å². The van der Waals surface area contributed by atoms with Crippen LogP contribution < -0.4 is 0 Å². The van der Waals surface area contributed by atoms with E-state index in [1.54, 1.807) is 0 Å². The Balaban J connectivity index is 1.53. The molecule has 6 aliphatic rings. The SMILES string of the molecule is CC1CC(=O)N2CCCC3=C(CC(=O)C3CCC2)C1C1C2=C3CCCN(CCCC3C(=O)C2)C(=O)CC1C. The molecule has 2 saturated heterocycles. The second-order valence-corrected chi connectivity index (χ2v) is 13.2. The van der Waals surface area contributed by atoms with Gasteiger partial charge in [0.05, 0.1) is 0 Å². The van der Waals surface area contributed by atoms with E-state index in [0.29, 0.717) is 37.2 Å².